The third-order valence-electron chi connectivity index (χ3n) is 5.28. The Kier molecular flexibility index (Phi) is 3.86. The van der Waals surface area contributed by atoms with Crippen molar-refractivity contribution >= 4 is 23.2 Å². The number of fused-ring (bicyclic) bond motifs is 3. The predicted molar refractivity (Wildman–Crippen MR) is 98.1 cm³/mol. The molecule has 4 rings (SSSR count). The Balaban J connectivity index is 1.81. The topological polar surface area (TPSA) is 23.6 Å². The van der Waals surface area contributed by atoms with Crippen LogP contribution in [0.25, 0.3) is 0 Å². The lowest BCUT2D eigenvalue weighted by Gasteiger charge is -2.36. The summed E-state index contributed by atoms with van der Waals surface area (Å²) in [4.78, 5) is 17.6. The van der Waals surface area contributed by atoms with Gasteiger partial charge in [0.05, 0.1) is 10.6 Å². The van der Waals surface area contributed by atoms with Crippen LogP contribution in [-0.2, 0) is 0 Å². The van der Waals surface area contributed by atoms with Gasteiger partial charge in [0.2, 0.25) is 0 Å². The Morgan fingerprint density at radius 2 is 2.00 bits per heavy atom. The molecule has 2 heterocycles. The fourth-order valence-electron chi connectivity index (χ4n) is 4.11. The molecule has 0 bridgehead atoms. The highest BCUT2D eigenvalue weighted by molar-refractivity contribution is 6.34. The van der Waals surface area contributed by atoms with Gasteiger partial charge >= 0.3 is 0 Å². The molecule has 0 N–H and O–H groups in total. The second-order valence-electron chi connectivity index (χ2n) is 6.94. The number of piperidine rings is 1. The quantitative estimate of drug-likeness (QED) is 0.780. The zero-order chi connectivity index (χ0) is 16.8. The molecule has 24 heavy (non-hydrogen) atoms. The van der Waals surface area contributed by atoms with Crippen molar-refractivity contribution in [1.82, 2.24) is 4.90 Å². The Morgan fingerprint density at radius 3 is 2.79 bits per heavy atom. The van der Waals surface area contributed by atoms with Gasteiger partial charge in [-0.05, 0) is 50.7 Å². The lowest BCUT2D eigenvalue weighted by atomic mass is 9.88. The van der Waals surface area contributed by atoms with Crippen LogP contribution in [0.15, 0.2) is 42.5 Å². The molecule has 3 nitrogen and oxygen atoms in total. The van der Waals surface area contributed by atoms with Gasteiger partial charge in [-0.3, -0.25) is 4.79 Å². The fourth-order valence-corrected chi connectivity index (χ4v) is 4.33. The van der Waals surface area contributed by atoms with Gasteiger partial charge in [0.15, 0.2) is 0 Å². The lowest BCUT2D eigenvalue weighted by molar-refractivity contribution is 0.0965. The third kappa shape index (κ3) is 2.43. The van der Waals surface area contributed by atoms with Crippen molar-refractivity contribution in [3.8, 4) is 0 Å². The summed E-state index contributed by atoms with van der Waals surface area (Å²) in [6, 6.07) is 14.0. The summed E-state index contributed by atoms with van der Waals surface area (Å²) in [5, 5.41) is 0.521. The largest absolute Gasteiger partial charge is 0.306 e. The number of benzene rings is 2. The number of carbonyl (C=O) groups excluding carboxylic acids is 1. The minimum atomic E-state index is 0.0164. The SMILES string of the molecule is Cc1ccc2c(c1)[C@@H]1CN(C)CC[C@@H]1N2C(=O)c1ccccc1Cl. The number of anilines is 1. The van der Waals surface area contributed by atoms with Crippen LogP contribution in [0.2, 0.25) is 5.02 Å². The van der Waals surface area contributed by atoms with Crippen LogP contribution >= 0.6 is 11.6 Å². The second kappa shape index (κ2) is 5.91. The van der Waals surface area contributed by atoms with Gasteiger partial charge in [-0.1, -0.05) is 41.4 Å². The van der Waals surface area contributed by atoms with E-state index in [-0.39, 0.29) is 11.9 Å². The number of halogens is 1. The van der Waals surface area contributed by atoms with E-state index in [2.05, 4.69) is 37.1 Å². The van der Waals surface area contributed by atoms with E-state index < -0.39 is 0 Å². The third-order valence-corrected chi connectivity index (χ3v) is 5.61. The van der Waals surface area contributed by atoms with Gasteiger partial charge in [-0.2, -0.15) is 0 Å². The standard InChI is InChI=1S/C20H21ClN2O/c1-13-7-8-18-15(11-13)16-12-22(2)10-9-19(16)23(18)20(24)14-5-3-4-6-17(14)21/h3-8,11,16,19H,9-10,12H2,1-2H3/t16-,19-/m0/s1. The number of hydrogen-bond acceptors (Lipinski definition) is 2. The average molecular weight is 341 g/mol. The van der Waals surface area contributed by atoms with Crippen molar-refractivity contribution in [3.05, 3.63) is 64.2 Å². The van der Waals surface area contributed by atoms with Gasteiger partial charge in [-0.25, -0.2) is 0 Å². The highest BCUT2D eigenvalue weighted by Gasteiger charge is 2.44. The van der Waals surface area contributed by atoms with Gasteiger partial charge in [0.1, 0.15) is 0 Å². The summed E-state index contributed by atoms with van der Waals surface area (Å²) < 4.78 is 0. The van der Waals surface area contributed by atoms with E-state index >= 15 is 0 Å². The first-order valence-electron chi connectivity index (χ1n) is 8.43. The minimum absolute atomic E-state index is 0.0164. The van der Waals surface area contributed by atoms with Crippen LogP contribution in [-0.4, -0.2) is 37.0 Å². The Morgan fingerprint density at radius 1 is 1.21 bits per heavy atom. The maximum Gasteiger partial charge on any atom is 0.260 e. The molecular formula is C20H21ClN2O. The normalized spacial score (nSPS) is 23.0. The molecule has 2 aromatic rings. The van der Waals surface area contributed by atoms with E-state index in [1.54, 1.807) is 6.07 Å². The molecular weight excluding hydrogens is 320 g/mol. The summed E-state index contributed by atoms with van der Waals surface area (Å²) >= 11 is 6.29. The molecule has 124 valence electrons. The van der Waals surface area contributed by atoms with Crippen LogP contribution in [0.1, 0.15) is 33.8 Å². The van der Waals surface area contributed by atoms with E-state index in [1.807, 2.05) is 23.1 Å². The molecule has 2 aliphatic heterocycles. The number of nitrogens with zero attached hydrogens (tertiary/aromatic N) is 2. The number of likely N-dealkylation sites (tertiary alicyclic amines) is 1. The smallest absolute Gasteiger partial charge is 0.260 e. The van der Waals surface area contributed by atoms with E-state index in [0.29, 0.717) is 16.5 Å². The van der Waals surface area contributed by atoms with Crippen LogP contribution in [0.3, 0.4) is 0 Å². The maximum absolute atomic E-state index is 13.3. The Hall–Kier alpha value is -1.84. The van der Waals surface area contributed by atoms with Gasteiger partial charge < -0.3 is 9.80 Å². The van der Waals surface area contributed by atoms with E-state index in [0.717, 1.165) is 25.2 Å². The van der Waals surface area contributed by atoms with Gasteiger partial charge in [-0.15, -0.1) is 0 Å². The van der Waals surface area contributed by atoms with E-state index in [4.69, 9.17) is 11.6 Å². The number of amides is 1. The summed E-state index contributed by atoms with van der Waals surface area (Å²) in [5.74, 6) is 0.396. The first-order chi connectivity index (χ1) is 11.6. The fraction of sp³-hybridized carbons (Fsp3) is 0.350. The van der Waals surface area contributed by atoms with Crippen molar-refractivity contribution < 1.29 is 4.79 Å². The lowest BCUT2D eigenvalue weighted by Crippen LogP contribution is -2.47. The molecule has 4 heteroatoms. The summed E-state index contributed by atoms with van der Waals surface area (Å²) in [5.41, 5.74) is 4.18. The second-order valence-corrected chi connectivity index (χ2v) is 7.35. The van der Waals surface area contributed by atoms with E-state index in [1.165, 1.54) is 11.1 Å². The highest BCUT2D eigenvalue weighted by Crippen LogP contribution is 2.45. The molecule has 0 saturated carbocycles. The van der Waals surface area contributed by atoms with Crippen molar-refractivity contribution in [3.63, 3.8) is 0 Å². The molecule has 0 spiro atoms. The molecule has 0 unspecified atom stereocenters. The Labute approximate surface area is 147 Å². The van der Waals surface area contributed by atoms with Gasteiger partial charge in [0, 0.05) is 24.2 Å². The molecule has 0 radical (unpaired) electrons. The zero-order valence-electron chi connectivity index (χ0n) is 14.0. The minimum Gasteiger partial charge on any atom is -0.306 e. The molecule has 2 atom stereocenters. The van der Waals surface area contributed by atoms with Crippen molar-refractivity contribution in [2.75, 3.05) is 25.0 Å². The van der Waals surface area contributed by atoms with Crippen LogP contribution in [0.4, 0.5) is 5.69 Å². The molecule has 0 aliphatic carbocycles. The molecule has 1 saturated heterocycles. The first-order valence-corrected chi connectivity index (χ1v) is 8.81. The predicted octanol–water partition coefficient (Wildman–Crippen LogP) is 4.10. The van der Waals surface area contributed by atoms with E-state index in [9.17, 15) is 4.79 Å². The number of rotatable bonds is 1. The molecule has 1 fully saturated rings. The molecule has 1 amide bonds. The van der Waals surface area contributed by atoms with Crippen molar-refractivity contribution in [1.29, 1.82) is 0 Å². The zero-order valence-corrected chi connectivity index (χ0v) is 14.8. The Bertz CT molecular complexity index is 804. The molecule has 2 aromatic carbocycles. The summed E-state index contributed by atoms with van der Waals surface area (Å²) in [6.07, 6.45) is 0.991. The highest BCUT2D eigenvalue weighted by atomic mass is 35.5. The molecule has 2 aliphatic rings. The average Bonchev–Trinajstić information content (AvgIpc) is 2.88. The van der Waals surface area contributed by atoms with Crippen LogP contribution in [0, 0.1) is 6.92 Å². The first kappa shape index (κ1) is 15.7. The van der Waals surface area contributed by atoms with Crippen molar-refractivity contribution in [2.24, 2.45) is 0 Å². The maximum atomic E-state index is 13.3. The summed E-state index contributed by atoms with van der Waals surface area (Å²) in [6.45, 7) is 4.12. The molecule has 0 aromatic heterocycles. The monoisotopic (exact) mass is 340 g/mol. The van der Waals surface area contributed by atoms with Crippen molar-refractivity contribution in [2.45, 2.75) is 25.3 Å². The number of hydrogen-bond donors (Lipinski definition) is 0. The summed E-state index contributed by atoms with van der Waals surface area (Å²) in [7, 11) is 2.16. The number of carbonyl (C=O) groups is 1. The number of likely N-dealkylation sites (N-methyl/N-ethyl adjacent to an activating group) is 1. The van der Waals surface area contributed by atoms with Crippen LogP contribution < -0.4 is 4.90 Å². The van der Waals surface area contributed by atoms with Crippen LogP contribution in [0.5, 0.6) is 0 Å². The van der Waals surface area contributed by atoms with Gasteiger partial charge in [0.25, 0.3) is 5.91 Å². The number of aryl methyl sites for hydroxylation is 1.